The fraction of sp³-hybridized carbons (Fsp3) is 0.269. The Morgan fingerprint density at radius 2 is 1.34 bits per heavy atom. The van der Waals surface area contributed by atoms with Crippen LogP contribution in [0, 0.1) is 0 Å². The Balaban J connectivity index is 1.40. The van der Waals surface area contributed by atoms with Crippen molar-refractivity contribution < 1.29 is 14.2 Å². The van der Waals surface area contributed by atoms with Crippen molar-refractivity contribution in [3.63, 3.8) is 0 Å². The first-order valence-electron chi connectivity index (χ1n) is 10.4. The van der Waals surface area contributed by atoms with Crippen molar-refractivity contribution in [2.75, 3.05) is 0 Å². The second kappa shape index (κ2) is 8.95. The molecular formula is C26H26NO2+. The smallest absolute Gasteiger partial charge is 0.227 e. The second-order valence-electron chi connectivity index (χ2n) is 7.83. The first kappa shape index (κ1) is 19.3. The first-order valence-corrected chi connectivity index (χ1v) is 10.4. The molecule has 1 aliphatic carbocycles. The van der Waals surface area contributed by atoms with Crippen LogP contribution in [0.4, 0.5) is 0 Å². The number of aromatic nitrogens is 1. The topological polar surface area (TPSA) is 38.0 Å². The van der Waals surface area contributed by atoms with Crippen LogP contribution in [-0.4, -0.2) is 11.6 Å². The quantitative estimate of drug-likeness (QED) is 0.436. The molecule has 146 valence electrons. The second-order valence-corrected chi connectivity index (χ2v) is 7.83. The van der Waals surface area contributed by atoms with Gasteiger partial charge in [-0.05, 0) is 24.3 Å². The average Bonchev–Trinajstić information content (AvgIpc) is 2.80. The Labute approximate surface area is 172 Å². The SMILES string of the molecule is O=C(C[n+]1ccc(C(=O)c2ccccc2)cc1)c1ccc(C2CCCCC2)cc1. The maximum atomic E-state index is 12.7. The molecule has 0 unspecified atom stereocenters. The van der Waals surface area contributed by atoms with Gasteiger partial charge < -0.3 is 0 Å². The van der Waals surface area contributed by atoms with E-state index in [0.29, 0.717) is 17.0 Å². The maximum absolute atomic E-state index is 12.7. The predicted molar refractivity (Wildman–Crippen MR) is 113 cm³/mol. The molecule has 0 radical (unpaired) electrons. The van der Waals surface area contributed by atoms with Crippen molar-refractivity contribution in [2.24, 2.45) is 0 Å². The standard InChI is InChI=1S/C26H26NO2/c28-25(22-13-11-21(12-14-22)20-7-3-1-4-8-20)19-27-17-15-24(16-18-27)26(29)23-9-5-2-6-10-23/h2,5-6,9-18,20H,1,3-4,7-8,19H2/q+1. The van der Waals surface area contributed by atoms with Crippen molar-refractivity contribution in [1.29, 1.82) is 0 Å². The van der Waals surface area contributed by atoms with Gasteiger partial charge in [-0.3, -0.25) is 9.59 Å². The third-order valence-electron chi connectivity index (χ3n) is 5.82. The zero-order chi connectivity index (χ0) is 20.1. The van der Waals surface area contributed by atoms with Crippen LogP contribution in [0.25, 0.3) is 0 Å². The molecule has 29 heavy (non-hydrogen) atoms. The highest BCUT2D eigenvalue weighted by atomic mass is 16.1. The molecule has 3 nitrogen and oxygen atoms in total. The fourth-order valence-electron chi connectivity index (χ4n) is 4.10. The maximum Gasteiger partial charge on any atom is 0.227 e. The summed E-state index contributed by atoms with van der Waals surface area (Å²) in [4.78, 5) is 25.1. The number of hydrogen-bond donors (Lipinski definition) is 0. The Morgan fingerprint density at radius 1 is 0.724 bits per heavy atom. The summed E-state index contributed by atoms with van der Waals surface area (Å²) in [6.07, 6.45) is 10.1. The minimum absolute atomic E-state index is 0.0117. The largest absolute Gasteiger partial charge is 0.289 e. The van der Waals surface area contributed by atoms with Crippen LogP contribution < -0.4 is 4.57 Å². The summed E-state index contributed by atoms with van der Waals surface area (Å²) >= 11 is 0. The number of ketones is 2. The van der Waals surface area contributed by atoms with Crippen molar-refractivity contribution in [1.82, 2.24) is 0 Å². The highest BCUT2D eigenvalue weighted by molar-refractivity contribution is 6.08. The van der Waals surface area contributed by atoms with Crippen molar-refractivity contribution in [3.8, 4) is 0 Å². The predicted octanol–water partition coefficient (Wildman–Crippen LogP) is 5.14. The zero-order valence-corrected chi connectivity index (χ0v) is 16.6. The number of carbonyl (C=O) groups is 2. The third kappa shape index (κ3) is 4.68. The Morgan fingerprint density at radius 3 is 2.00 bits per heavy atom. The third-order valence-corrected chi connectivity index (χ3v) is 5.82. The summed E-state index contributed by atoms with van der Waals surface area (Å²) < 4.78 is 1.82. The summed E-state index contributed by atoms with van der Waals surface area (Å²) in [7, 11) is 0. The summed E-state index contributed by atoms with van der Waals surface area (Å²) in [5.41, 5.74) is 3.38. The van der Waals surface area contributed by atoms with Crippen LogP contribution in [0.15, 0.2) is 79.1 Å². The summed E-state index contributed by atoms with van der Waals surface area (Å²) in [5, 5.41) is 0. The van der Waals surface area contributed by atoms with E-state index in [0.717, 1.165) is 5.56 Å². The van der Waals surface area contributed by atoms with Gasteiger partial charge in [-0.15, -0.1) is 0 Å². The minimum Gasteiger partial charge on any atom is -0.289 e. The number of Topliss-reactive ketones (excluding diaryl/α,β-unsaturated/α-hetero) is 1. The van der Waals surface area contributed by atoms with Crippen LogP contribution in [0.5, 0.6) is 0 Å². The van der Waals surface area contributed by atoms with Crippen molar-refractivity contribution >= 4 is 11.6 Å². The molecule has 4 rings (SSSR count). The van der Waals surface area contributed by atoms with E-state index in [9.17, 15) is 9.59 Å². The Hall–Kier alpha value is -3.07. The van der Waals surface area contributed by atoms with Crippen molar-refractivity contribution in [2.45, 2.75) is 44.6 Å². The van der Waals surface area contributed by atoms with E-state index < -0.39 is 0 Å². The van der Waals surface area contributed by atoms with Gasteiger partial charge in [-0.25, -0.2) is 0 Å². The van der Waals surface area contributed by atoms with E-state index in [4.69, 9.17) is 0 Å². The van der Waals surface area contributed by atoms with Crippen LogP contribution >= 0.6 is 0 Å². The number of pyridine rings is 1. The van der Waals surface area contributed by atoms with Gasteiger partial charge in [0.05, 0.1) is 0 Å². The highest BCUT2D eigenvalue weighted by Crippen LogP contribution is 2.32. The molecule has 0 atom stereocenters. The van der Waals surface area contributed by atoms with Crippen LogP contribution in [0.1, 0.15) is 69.9 Å². The van der Waals surface area contributed by atoms with E-state index >= 15 is 0 Å². The number of nitrogens with zero attached hydrogens (tertiary/aromatic N) is 1. The van der Waals surface area contributed by atoms with Crippen LogP contribution in [-0.2, 0) is 6.54 Å². The Bertz CT molecular complexity index is 969. The minimum atomic E-state index is -0.0117. The molecule has 0 spiro atoms. The zero-order valence-electron chi connectivity index (χ0n) is 16.6. The van der Waals surface area contributed by atoms with Gasteiger partial charge in [0.25, 0.3) is 0 Å². The molecule has 2 aromatic carbocycles. The molecule has 1 aliphatic rings. The lowest BCUT2D eigenvalue weighted by molar-refractivity contribution is -0.683. The van der Waals surface area contributed by atoms with Gasteiger partial charge in [0.1, 0.15) is 0 Å². The molecule has 0 N–H and O–H groups in total. The van der Waals surface area contributed by atoms with Gasteiger partial charge >= 0.3 is 0 Å². The molecular weight excluding hydrogens is 358 g/mol. The fourth-order valence-corrected chi connectivity index (χ4v) is 4.10. The van der Waals surface area contributed by atoms with E-state index in [2.05, 4.69) is 12.1 Å². The molecule has 0 bridgehead atoms. The molecule has 3 aromatic rings. The van der Waals surface area contributed by atoms with Gasteiger partial charge in [0.15, 0.2) is 18.2 Å². The van der Waals surface area contributed by atoms with E-state index in [1.807, 2.05) is 47.0 Å². The highest BCUT2D eigenvalue weighted by Gasteiger charge is 2.17. The van der Waals surface area contributed by atoms with Gasteiger partial charge in [-0.1, -0.05) is 73.9 Å². The van der Waals surface area contributed by atoms with E-state index in [1.54, 1.807) is 24.5 Å². The monoisotopic (exact) mass is 384 g/mol. The number of rotatable bonds is 6. The number of benzene rings is 2. The molecule has 1 fully saturated rings. The normalized spacial score (nSPS) is 14.5. The first-order chi connectivity index (χ1) is 14.2. The van der Waals surface area contributed by atoms with E-state index in [1.165, 1.54) is 37.7 Å². The van der Waals surface area contributed by atoms with Crippen molar-refractivity contribution in [3.05, 3.63) is 101 Å². The summed E-state index contributed by atoms with van der Waals surface area (Å²) in [6.45, 7) is 0.266. The molecule has 3 heteroatoms. The molecule has 1 heterocycles. The van der Waals surface area contributed by atoms with E-state index in [-0.39, 0.29) is 18.1 Å². The summed E-state index contributed by atoms with van der Waals surface area (Å²) in [6, 6.07) is 20.9. The van der Waals surface area contributed by atoms with Crippen LogP contribution in [0.2, 0.25) is 0 Å². The lowest BCUT2D eigenvalue weighted by Gasteiger charge is -2.21. The number of hydrogen-bond acceptors (Lipinski definition) is 2. The summed E-state index contributed by atoms with van der Waals surface area (Å²) in [5.74, 6) is 0.715. The lowest BCUT2D eigenvalue weighted by atomic mass is 9.84. The van der Waals surface area contributed by atoms with Gasteiger partial charge in [0, 0.05) is 28.8 Å². The van der Waals surface area contributed by atoms with Gasteiger partial charge in [0.2, 0.25) is 12.3 Å². The molecule has 0 amide bonds. The average molecular weight is 384 g/mol. The lowest BCUT2D eigenvalue weighted by Crippen LogP contribution is -2.37. The molecule has 1 aromatic heterocycles. The Kier molecular flexibility index (Phi) is 5.95. The molecule has 0 saturated heterocycles. The molecule has 1 saturated carbocycles. The number of carbonyl (C=O) groups excluding carboxylic acids is 2. The van der Waals surface area contributed by atoms with Crippen LogP contribution in [0.3, 0.4) is 0 Å². The van der Waals surface area contributed by atoms with Gasteiger partial charge in [-0.2, -0.15) is 4.57 Å². The molecule has 0 aliphatic heterocycles.